The molecule has 0 saturated heterocycles. The van der Waals surface area contributed by atoms with Crippen LogP contribution < -0.4 is 0 Å². The second-order valence-corrected chi connectivity index (χ2v) is 3.46. The molecule has 50 valence electrons. The van der Waals surface area contributed by atoms with Crippen molar-refractivity contribution in [1.82, 2.24) is 0 Å². The van der Waals surface area contributed by atoms with Crippen LogP contribution in [0, 0.1) is 23.7 Å². The normalized spacial score (nSPS) is 52.8. The second-order valence-electron chi connectivity index (χ2n) is 3.46. The zero-order valence-electron chi connectivity index (χ0n) is 5.77. The molecule has 0 N–H and O–H groups in total. The molecule has 0 radical (unpaired) electrons. The van der Waals surface area contributed by atoms with Crippen LogP contribution >= 0.6 is 0 Å². The number of fused-ring (bicyclic) bond motifs is 1. The Labute approximate surface area is 60.9 Å². The van der Waals surface area contributed by atoms with Gasteiger partial charge in [0.1, 0.15) is 0 Å². The molecule has 1 saturated carbocycles. The summed E-state index contributed by atoms with van der Waals surface area (Å²) >= 11 is 0. The Morgan fingerprint density at radius 1 is 0.500 bits per heavy atom. The summed E-state index contributed by atoms with van der Waals surface area (Å²) in [6, 6.07) is 0. The van der Waals surface area contributed by atoms with Crippen molar-refractivity contribution in [2.45, 2.75) is 0 Å². The minimum Gasteiger partial charge on any atom is -0.0839 e. The van der Waals surface area contributed by atoms with E-state index in [0.29, 0.717) is 0 Å². The van der Waals surface area contributed by atoms with Crippen molar-refractivity contribution in [1.29, 1.82) is 0 Å². The van der Waals surface area contributed by atoms with E-state index in [9.17, 15) is 0 Å². The van der Waals surface area contributed by atoms with Crippen LogP contribution in [-0.2, 0) is 0 Å². The lowest BCUT2D eigenvalue weighted by Crippen LogP contribution is -2.36. The maximum absolute atomic E-state index is 2.39. The van der Waals surface area contributed by atoms with E-state index in [1.54, 1.807) is 0 Å². The van der Waals surface area contributed by atoms with Gasteiger partial charge in [0.05, 0.1) is 0 Å². The smallest absolute Gasteiger partial charge is 0.00927 e. The van der Waals surface area contributed by atoms with Crippen LogP contribution in [0.2, 0.25) is 0 Å². The van der Waals surface area contributed by atoms with Crippen molar-refractivity contribution in [2.24, 2.45) is 23.7 Å². The standard InChI is InChI=1S/C10H10/c1-2-4-8-9-5-6-10(8)7(9)3-1/h1-10H. The summed E-state index contributed by atoms with van der Waals surface area (Å²) in [7, 11) is 0. The molecule has 10 heavy (non-hydrogen) atoms. The summed E-state index contributed by atoms with van der Waals surface area (Å²) in [6.45, 7) is 0. The number of allylic oxidation sites excluding steroid dienone is 6. The Kier molecular flexibility index (Phi) is 0.715. The largest absolute Gasteiger partial charge is 0.0839 e. The summed E-state index contributed by atoms with van der Waals surface area (Å²) in [4.78, 5) is 0. The fourth-order valence-corrected chi connectivity index (χ4v) is 2.55. The van der Waals surface area contributed by atoms with Crippen molar-refractivity contribution in [2.75, 3.05) is 0 Å². The topological polar surface area (TPSA) is 0 Å². The molecule has 5 aliphatic rings. The SMILES string of the molecule is C1=CC2C3C=CC2C3C=C1. The first-order chi connectivity index (χ1) is 4.97. The first kappa shape index (κ1) is 4.95. The number of hydrogen-bond acceptors (Lipinski definition) is 0. The van der Waals surface area contributed by atoms with E-state index in [4.69, 9.17) is 0 Å². The Balaban J connectivity index is 2.09. The van der Waals surface area contributed by atoms with Crippen LogP contribution in [0.1, 0.15) is 0 Å². The van der Waals surface area contributed by atoms with Crippen LogP contribution in [0.4, 0.5) is 0 Å². The van der Waals surface area contributed by atoms with Gasteiger partial charge >= 0.3 is 0 Å². The van der Waals surface area contributed by atoms with Crippen LogP contribution in [-0.4, -0.2) is 0 Å². The molecule has 0 atom stereocenters. The lowest BCUT2D eigenvalue weighted by Gasteiger charge is -2.40. The summed E-state index contributed by atoms with van der Waals surface area (Å²) in [5, 5.41) is 0. The Morgan fingerprint density at radius 3 is 1.40 bits per heavy atom. The molecule has 0 nitrogen and oxygen atoms in total. The highest BCUT2D eigenvalue weighted by molar-refractivity contribution is 5.32. The first-order valence-electron chi connectivity index (χ1n) is 4.00. The molecular formula is C10H10. The fraction of sp³-hybridized carbons (Fsp3) is 0.400. The predicted octanol–water partition coefficient (Wildman–Crippen LogP) is 2.16. The zero-order chi connectivity index (χ0) is 6.55. The molecule has 0 spiro atoms. The molecule has 0 aliphatic heterocycles. The van der Waals surface area contributed by atoms with Gasteiger partial charge in [-0.25, -0.2) is 0 Å². The highest BCUT2D eigenvalue weighted by atomic mass is 14.5. The molecule has 1 fully saturated rings. The highest BCUT2D eigenvalue weighted by Gasteiger charge is 2.49. The van der Waals surface area contributed by atoms with E-state index in [-0.39, 0.29) is 0 Å². The van der Waals surface area contributed by atoms with Crippen molar-refractivity contribution >= 4 is 0 Å². The Hall–Kier alpha value is -0.780. The Morgan fingerprint density at radius 2 is 0.900 bits per heavy atom. The maximum atomic E-state index is 2.39. The van der Waals surface area contributed by atoms with Crippen molar-refractivity contribution in [3.05, 3.63) is 36.5 Å². The average molecular weight is 130 g/mol. The summed E-state index contributed by atoms with van der Waals surface area (Å²) in [5.41, 5.74) is 0. The maximum Gasteiger partial charge on any atom is -0.00927 e. The van der Waals surface area contributed by atoms with Gasteiger partial charge in [-0.1, -0.05) is 36.5 Å². The monoisotopic (exact) mass is 130 g/mol. The fourth-order valence-electron chi connectivity index (χ4n) is 2.55. The van der Waals surface area contributed by atoms with E-state index in [1.165, 1.54) is 0 Å². The molecule has 0 aromatic carbocycles. The number of hydrogen-bond donors (Lipinski definition) is 0. The second kappa shape index (κ2) is 1.45. The number of rotatable bonds is 0. The quantitative estimate of drug-likeness (QED) is 0.441. The van der Waals surface area contributed by atoms with E-state index < -0.39 is 0 Å². The van der Waals surface area contributed by atoms with Gasteiger partial charge in [-0.2, -0.15) is 0 Å². The summed E-state index contributed by atoms with van der Waals surface area (Å²) in [5.74, 6) is 3.44. The van der Waals surface area contributed by atoms with Gasteiger partial charge in [0.2, 0.25) is 0 Å². The molecule has 0 aromatic heterocycles. The minimum absolute atomic E-state index is 0.861. The average Bonchev–Trinajstić information content (AvgIpc) is 2.41. The Bertz CT molecular complexity index is 211. The summed E-state index contributed by atoms with van der Waals surface area (Å²) < 4.78 is 0. The molecule has 5 rings (SSSR count). The van der Waals surface area contributed by atoms with Crippen molar-refractivity contribution in [3.8, 4) is 0 Å². The van der Waals surface area contributed by atoms with Gasteiger partial charge < -0.3 is 0 Å². The van der Waals surface area contributed by atoms with Gasteiger partial charge in [-0.05, 0) is 23.7 Å². The van der Waals surface area contributed by atoms with Crippen molar-refractivity contribution < 1.29 is 0 Å². The third-order valence-corrected chi connectivity index (χ3v) is 3.11. The highest BCUT2D eigenvalue weighted by Crippen LogP contribution is 2.55. The van der Waals surface area contributed by atoms with E-state index in [1.807, 2.05) is 0 Å². The lowest BCUT2D eigenvalue weighted by molar-refractivity contribution is 0.157. The van der Waals surface area contributed by atoms with Gasteiger partial charge in [-0.15, -0.1) is 0 Å². The lowest BCUT2D eigenvalue weighted by atomic mass is 9.63. The first-order valence-corrected chi connectivity index (χ1v) is 4.00. The molecule has 0 heteroatoms. The van der Waals surface area contributed by atoms with Crippen LogP contribution in [0.25, 0.3) is 0 Å². The van der Waals surface area contributed by atoms with Crippen LogP contribution in [0.15, 0.2) is 36.5 Å². The summed E-state index contributed by atoms with van der Waals surface area (Å²) in [6.07, 6.45) is 13.9. The van der Waals surface area contributed by atoms with E-state index in [2.05, 4.69) is 36.5 Å². The molecule has 0 unspecified atom stereocenters. The van der Waals surface area contributed by atoms with E-state index >= 15 is 0 Å². The molecule has 0 aromatic rings. The molecule has 0 amide bonds. The van der Waals surface area contributed by atoms with Gasteiger partial charge in [-0.3, -0.25) is 0 Å². The van der Waals surface area contributed by atoms with Gasteiger partial charge in [0, 0.05) is 0 Å². The molecule has 5 aliphatic carbocycles. The molecular weight excluding hydrogens is 120 g/mol. The van der Waals surface area contributed by atoms with Crippen molar-refractivity contribution in [3.63, 3.8) is 0 Å². The minimum atomic E-state index is 0.861. The predicted molar refractivity (Wildman–Crippen MR) is 41.4 cm³/mol. The van der Waals surface area contributed by atoms with E-state index in [0.717, 1.165) is 23.7 Å². The molecule has 4 bridgehead atoms. The third-order valence-electron chi connectivity index (χ3n) is 3.11. The van der Waals surface area contributed by atoms with Crippen LogP contribution in [0.3, 0.4) is 0 Å². The van der Waals surface area contributed by atoms with Gasteiger partial charge in [0.25, 0.3) is 0 Å². The third kappa shape index (κ3) is 0.377. The molecule has 0 heterocycles. The van der Waals surface area contributed by atoms with Gasteiger partial charge in [0.15, 0.2) is 0 Å². The van der Waals surface area contributed by atoms with Crippen LogP contribution in [0.5, 0.6) is 0 Å². The zero-order valence-corrected chi connectivity index (χ0v) is 5.77.